The zero-order valence-electron chi connectivity index (χ0n) is 27.1. The van der Waals surface area contributed by atoms with Crippen LogP contribution in [0.3, 0.4) is 0 Å². The van der Waals surface area contributed by atoms with Crippen LogP contribution in [0.5, 0.6) is 5.75 Å². The molecule has 1 saturated heterocycles. The molecule has 246 valence electrons. The number of hydrogen-bond acceptors (Lipinski definition) is 8. The second kappa shape index (κ2) is 13.0. The Morgan fingerprint density at radius 1 is 1.16 bits per heavy atom. The Balaban J connectivity index is 1.89. The topological polar surface area (TPSA) is 123 Å². The highest BCUT2D eigenvalue weighted by Gasteiger charge is 2.37. The van der Waals surface area contributed by atoms with Crippen LogP contribution < -0.4 is 15.3 Å². The average molecular weight is 684 g/mol. The lowest BCUT2D eigenvalue weighted by molar-refractivity contribution is 0.114. The first-order valence-corrected chi connectivity index (χ1v) is 18.5. The normalized spacial score (nSPS) is 17.8. The van der Waals surface area contributed by atoms with Crippen molar-refractivity contribution >= 4 is 54.5 Å². The van der Waals surface area contributed by atoms with Gasteiger partial charge in [-0.2, -0.15) is 4.98 Å². The highest BCUT2D eigenvalue weighted by Crippen LogP contribution is 2.39. The molecule has 1 aliphatic rings. The molecule has 0 aromatic carbocycles. The molecule has 2 atom stereocenters. The number of nitrogens with zero attached hydrogens (tertiary/aromatic N) is 6. The van der Waals surface area contributed by atoms with Crippen molar-refractivity contribution in [2.45, 2.75) is 84.6 Å². The van der Waals surface area contributed by atoms with Crippen molar-refractivity contribution in [2.75, 3.05) is 31.2 Å². The number of ether oxygens (including phenoxy) is 1. The summed E-state index contributed by atoms with van der Waals surface area (Å²) in [6, 6.07) is 0.395. The van der Waals surface area contributed by atoms with Crippen LogP contribution in [0.4, 0.5) is 15.0 Å². The molecule has 0 radical (unpaired) electrons. The van der Waals surface area contributed by atoms with Crippen LogP contribution in [0.15, 0.2) is 17.1 Å². The number of rotatable bonds is 8. The van der Waals surface area contributed by atoms with Crippen molar-refractivity contribution in [3.8, 4) is 11.4 Å². The van der Waals surface area contributed by atoms with Gasteiger partial charge in [-0.05, 0) is 44.0 Å². The van der Waals surface area contributed by atoms with Crippen LogP contribution in [-0.4, -0.2) is 82.3 Å². The van der Waals surface area contributed by atoms with Gasteiger partial charge in [0.25, 0.3) is 0 Å². The van der Waals surface area contributed by atoms with Gasteiger partial charge in [0, 0.05) is 31.4 Å². The third-order valence-corrected chi connectivity index (χ3v) is 13.7. The van der Waals surface area contributed by atoms with Gasteiger partial charge in [0.1, 0.15) is 23.1 Å². The maximum atomic E-state index is 15.0. The molecular weight excluding hydrogens is 642 g/mol. The number of amides is 1. The van der Waals surface area contributed by atoms with Gasteiger partial charge in [0.05, 0.1) is 17.7 Å². The monoisotopic (exact) mass is 682 g/mol. The predicted octanol–water partition coefficient (Wildman–Crippen LogP) is 6.72. The van der Waals surface area contributed by atoms with E-state index in [4.69, 9.17) is 32.4 Å². The number of carbonyl (C=O) groups is 1. The van der Waals surface area contributed by atoms with Gasteiger partial charge in [-0.15, -0.1) is 0 Å². The molecule has 3 aromatic rings. The van der Waals surface area contributed by atoms with Crippen molar-refractivity contribution in [2.24, 2.45) is 0 Å². The summed E-state index contributed by atoms with van der Waals surface area (Å²) in [6.45, 7) is 19.0. The number of pyridine rings is 2. The molecule has 11 nitrogen and oxygen atoms in total. The number of anilines is 1. The summed E-state index contributed by atoms with van der Waals surface area (Å²) in [6.07, 6.45) is 0.420. The minimum Gasteiger partial charge on any atom is -0.487 e. The van der Waals surface area contributed by atoms with Crippen LogP contribution in [0.2, 0.25) is 28.3 Å². The van der Waals surface area contributed by atoms with E-state index in [0.717, 1.165) is 0 Å². The summed E-state index contributed by atoms with van der Waals surface area (Å²) in [7, 11) is -2.06. The standard InChI is InChI=1S/C30H41Cl2FN6O5Si/c1-16(2)22-23(24(20(31)13-34-22)43-10-11-44-45(8,9)30(5,6)7)39-27-19(12-21(33)25(32)35-27)26(36-28(39)40)37-14-18(4)38(29(41)42)15-17(37)3/h12-13,16-18H,10-11,14-15H2,1-9H3,(H,41,42)/t17-,18+/m0/s1. The number of piperazine rings is 1. The molecule has 0 bridgehead atoms. The Morgan fingerprint density at radius 2 is 1.82 bits per heavy atom. The summed E-state index contributed by atoms with van der Waals surface area (Å²) < 4.78 is 28.7. The van der Waals surface area contributed by atoms with E-state index < -0.39 is 37.1 Å². The lowest BCUT2D eigenvalue weighted by Crippen LogP contribution is -2.58. The second-order valence-corrected chi connectivity index (χ2v) is 18.8. The van der Waals surface area contributed by atoms with E-state index in [-0.39, 0.29) is 70.0 Å². The summed E-state index contributed by atoms with van der Waals surface area (Å²) in [5.74, 6) is -0.628. The molecule has 3 aromatic heterocycles. The summed E-state index contributed by atoms with van der Waals surface area (Å²) in [5.41, 5.74) is 0.00919. The summed E-state index contributed by atoms with van der Waals surface area (Å²) in [5, 5.41) is 9.57. The lowest BCUT2D eigenvalue weighted by atomic mass is 10.1. The van der Waals surface area contributed by atoms with E-state index >= 15 is 4.39 Å². The van der Waals surface area contributed by atoms with Crippen LogP contribution in [-0.2, 0) is 4.43 Å². The van der Waals surface area contributed by atoms with Gasteiger partial charge in [-0.3, -0.25) is 4.98 Å². The highest BCUT2D eigenvalue weighted by molar-refractivity contribution is 6.74. The van der Waals surface area contributed by atoms with Crippen LogP contribution in [0, 0.1) is 5.82 Å². The van der Waals surface area contributed by atoms with Gasteiger partial charge in [0.15, 0.2) is 30.7 Å². The summed E-state index contributed by atoms with van der Waals surface area (Å²) >= 11 is 12.9. The van der Waals surface area contributed by atoms with Crippen molar-refractivity contribution in [3.05, 3.63) is 44.4 Å². The maximum absolute atomic E-state index is 15.0. The number of hydrogen-bond donors (Lipinski definition) is 1. The molecular formula is C30H41Cl2FN6O5Si. The zero-order valence-corrected chi connectivity index (χ0v) is 29.6. The smallest absolute Gasteiger partial charge is 0.407 e. The molecule has 4 heterocycles. The Kier molecular flexibility index (Phi) is 10.1. The van der Waals surface area contributed by atoms with E-state index in [2.05, 4.69) is 48.8 Å². The van der Waals surface area contributed by atoms with Gasteiger partial charge in [-0.1, -0.05) is 57.8 Å². The third kappa shape index (κ3) is 6.91. The zero-order chi connectivity index (χ0) is 33.6. The number of halogens is 3. The molecule has 1 aliphatic heterocycles. The minimum atomic E-state index is -2.06. The summed E-state index contributed by atoms with van der Waals surface area (Å²) in [4.78, 5) is 42.2. The average Bonchev–Trinajstić information content (AvgIpc) is 2.92. The van der Waals surface area contributed by atoms with Crippen molar-refractivity contribution in [1.82, 2.24) is 24.4 Å². The van der Waals surface area contributed by atoms with E-state index in [9.17, 15) is 14.7 Å². The Labute approximate surface area is 273 Å². The fraction of sp³-hybridized carbons (Fsp3) is 0.567. The van der Waals surface area contributed by atoms with Gasteiger partial charge >= 0.3 is 11.8 Å². The second-order valence-electron chi connectivity index (χ2n) is 13.3. The predicted molar refractivity (Wildman–Crippen MR) is 177 cm³/mol. The first kappa shape index (κ1) is 34.9. The number of fused-ring (bicyclic) bond motifs is 1. The van der Waals surface area contributed by atoms with Crippen LogP contribution >= 0.6 is 23.2 Å². The van der Waals surface area contributed by atoms with E-state index in [0.29, 0.717) is 12.3 Å². The number of carboxylic acid groups (broad SMARTS) is 1. The molecule has 0 unspecified atom stereocenters. The first-order chi connectivity index (χ1) is 20.9. The van der Waals surface area contributed by atoms with Crippen molar-refractivity contribution < 1.29 is 23.5 Å². The highest BCUT2D eigenvalue weighted by atomic mass is 35.5. The Hall–Kier alpha value is -3.00. The lowest BCUT2D eigenvalue weighted by Gasteiger charge is -2.43. The molecule has 4 rings (SSSR count). The van der Waals surface area contributed by atoms with Crippen molar-refractivity contribution in [3.63, 3.8) is 0 Å². The molecule has 0 saturated carbocycles. The first-order valence-electron chi connectivity index (χ1n) is 14.9. The molecule has 0 spiro atoms. The fourth-order valence-corrected chi connectivity index (χ4v) is 6.46. The largest absolute Gasteiger partial charge is 0.487 e. The molecule has 15 heteroatoms. The van der Waals surface area contributed by atoms with Gasteiger partial charge in [0.2, 0.25) is 0 Å². The van der Waals surface area contributed by atoms with E-state index in [1.807, 2.05) is 20.8 Å². The SMILES string of the molecule is CC(C)c1ncc(Cl)c(OCCO[Si](C)(C)C(C)(C)C)c1-n1c(=O)nc(N2C[C@@H](C)N(C(=O)O)C[C@@H]2C)c2cc(F)c(Cl)nc21. The Morgan fingerprint density at radius 3 is 2.42 bits per heavy atom. The van der Waals surface area contributed by atoms with Crippen LogP contribution in [0.1, 0.15) is 60.1 Å². The third-order valence-electron chi connectivity index (χ3n) is 8.62. The Bertz CT molecular complexity index is 1660. The fourth-order valence-electron chi connectivity index (χ4n) is 5.10. The minimum absolute atomic E-state index is 0.00664. The van der Waals surface area contributed by atoms with Crippen LogP contribution in [0.25, 0.3) is 16.7 Å². The molecule has 1 N–H and O–H groups in total. The molecule has 0 aliphatic carbocycles. The number of aromatic nitrogens is 4. The van der Waals surface area contributed by atoms with E-state index in [1.54, 1.807) is 11.8 Å². The molecule has 1 amide bonds. The van der Waals surface area contributed by atoms with E-state index in [1.165, 1.54) is 21.7 Å². The van der Waals surface area contributed by atoms with Crippen molar-refractivity contribution in [1.29, 1.82) is 0 Å². The molecule has 45 heavy (non-hydrogen) atoms. The quantitative estimate of drug-likeness (QED) is 0.157. The maximum Gasteiger partial charge on any atom is 0.407 e. The van der Waals surface area contributed by atoms with Gasteiger partial charge < -0.3 is 24.1 Å². The molecule has 1 fully saturated rings. The van der Waals surface area contributed by atoms with Gasteiger partial charge in [-0.25, -0.2) is 23.5 Å².